The number of hydrogen-bond acceptors (Lipinski definition) is 5. The molecule has 1 N–H and O–H groups in total. The first-order valence-electron chi connectivity index (χ1n) is 10.2. The molecule has 0 bridgehead atoms. The summed E-state index contributed by atoms with van der Waals surface area (Å²) in [5.74, 6) is 1.67. The van der Waals surface area contributed by atoms with Gasteiger partial charge in [-0.05, 0) is 30.2 Å². The van der Waals surface area contributed by atoms with Crippen LogP contribution >= 0.6 is 11.8 Å². The zero-order valence-corrected chi connectivity index (χ0v) is 18.1. The van der Waals surface area contributed by atoms with Gasteiger partial charge >= 0.3 is 0 Å². The van der Waals surface area contributed by atoms with Gasteiger partial charge in [0, 0.05) is 19.0 Å². The molecule has 0 unspecified atom stereocenters. The summed E-state index contributed by atoms with van der Waals surface area (Å²) >= 11 is 1.38. The molecule has 0 fully saturated rings. The van der Waals surface area contributed by atoms with Crippen LogP contribution in [0.4, 0.5) is 0 Å². The predicted molar refractivity (Wildman–Crippen MR) is 122 cm³/mol. The van der Waals surface area contributed by atoms with Crippen LogP contribution in [0.5, 0.6) is 0 Å². The minimum Gasteiger partial charge on any atom is -0.461 e. The van der Waals surface area contributed by atoms with Gasteiger partial charge in [0.25, 0.3) is 0 Å². The monoisotopic (exact) mass is 432 g/mol. The van der Waals surface area contributed by atoms with Crippen LogP contribution < -0.4 is 5.32 Å². The van der Waals surface area contributed by atoms with Crippen molar-refractivity contribution in [3.8, 4) is 11.6 Å². The molecule has 2 aromatic carbocycles. The summed E-state index contributed by atoms with van der Waals surface area (Å²) in [6, 6.07) is 24.2. The molecule has 4 aromatic rings. The first-order chi connectivity index (χ1) is 15.3. The third-order valence-electron chi connectivity index (χ3n) is 5.01. The lowest BCUT2D eigenvalue weighted by atomic mass is 9.91. The zero-order chi connectivity index (χ0) is 21.5. The second-order valence-electron chi connectivity index (χ2n) is 6.99. The fraction of sp³-hybridized carbons (Fsp3) is 0.208. The molecule has 0 spiro atoms. The molecule has 2 aromatic heterocycles. The minimum atomic E-state index is -0.0351. The van der Waals surface area contributed by atoms with Gasteiger partial charge in [-0.1, -0.05) is 72.4 Å². The highest BCUT2D eigenvalue weighted by atomic mass is 32.2. The Hall–Kier alpha value is -3.32. The molecule has 0 aliphatic heterocycles. The van der Waals surface area contributed by atoms with Crippen LogP contribution in [0.25, 0.3) is 11.6 Å². The molecular weight excluding hydrogens is 408 g/mol. The summed E-state index contributed by atoms with van der Waals surface area (Å²) in [4.78, 5) is 12.6. The van der Waals surface area contributed by atoms with E-state index in [1.165, 1.54) is 22.9 Å². The number of thioether (sulfide) groups is 1. The molecule has 0 aliphatic rings. The minimum absolute atomic E-state index is 0.0351. The fourth-order valence-electron chi connectivity index (χ4n) is 3.46. The highest BCUT2D eigenvalue weighted by molar-refractivity contribution is 7.99. The Kier molecular flexibility index (Phi) is 6.84. The third kappa shape index (κ3) is 5.06. The van der Waals surface area contributed by atoms with Gasteiger partial charge in [-0.25, -0.2) is 0 Å². The maximum atomic E-state index is 12.6. The Bertz CT molecular complexity index is 1060. The van der Waals surface area contributed by atoms with Crippen molar-refractivity contribution < 1.29 is 9.21 Å². The number of nitrogens with zero attached hydrogens (tertiary/aromatic N) is 3. The van der Waals surface area contributed by atoms with E-state index in [4.69, 9.17) is 4.42 Å². The van der Waals surface area contributed by atoms with Crippen LogP contribution in [0.2, 0.25) is 0 Å². The van der Waals surface area contributed by atoms with Crippen molar-refractivity contribution in [3.05, 3.63) is 90.2 Å². The third-order valence-corrected chi connectivity index (χ3v) is 5.98. The first-order valence-corrected chi connectivity index (χ1v) is 11.2. The number of aromatic nitrogens is 3. The smallest absolute Gasteiger partial charge is 0.230 e. The topological polar surface area (TPSA) is 73.0 Å². The van der Waals surface area contributed by atoms with Gasteiger partial charge in [-0.15, -0.1) is 10.2 Å². The lowest BCUT2D eigenvalue weighted by Gasteiger charge is -2.19. The van der Waals surface area contributed by atoms with Crippen LogP contribution in [-0.4, -0.2) is 33.0 Å². The molecule has 0 radical (unpaired) electrons. The van der Waals surface area contributed by atoms with Gasteiger partial charge in [0.2, 0.25) is 5.91 Å². The van der Waals surface area contributed by atoms with Gasteiger partial charge in [-0.3, -0.25) is 9.36 Å². The predicted octanol–water partition coefficient (Wildman–Crippen LogP) is 4.60. The Morgan fingerprint density at radius 3 is 2.26 bits per heavy atom. The van der Waals surface area contributed by atoms with Crippen molar-refractivity contribution >= 4 is 17.7 Å². The van der Waals surface area contributed by atoms with E-state index in [9.17, 15) is 4.79 Å². The SMILES string of the molecule is CCn1c(SCC(=O)NCC(c2ccccc2)c2ccccc2)nnc1-c1ccco1. The highest BCUT2D eigenvalue weighted by Crippen LogP contribution is 2.25. The molecule has 0 saturated heterocycles. The number of nitrogens with one attached hydrogen (secondary N) is 1. The lowest BCUT2D eigenvalue weighted by molar-refractivity contribution is -0.118. The standard InChI is InChI=1S/C24H24N4O2S/c1-2-28-23(21-14-9-15-30-21)26-27-24(28)31-17-22(29)25-16-20(18-10-5-3-6-11-18)19-12-7-4-8-13-19/h3-15,20H,2,16-17H2,1H3,(H,25,29). The van der Waals surface area contributed by atoms with Crippen molar-refractivity contribution in [3.63, 3.8) is 0 Å². The zero-order valence-electron chi connectivity index (χ0n) is 17.3. The number of rotatable bonds is 9. The molecule has 0 atom stereocenters. The molecule has 1 amide bonds. The molecule has 0 aliphatic carbocycles. The van der Waals surface area contributed by atoms with Gasteiger partial charge in [0.15, 0.2) is 16.7 Å². The maximum absolute atomic E-state index is 12.6. The first kappa shape index (κ1) is 20.9. The van der Waals surface area contributed by atoms with Crippen molar-refractivity contribution in [2.45, 2.75) is 24.5 Å². The van der Waals surface area contributed by atoms with Gasteiger partial charge in [0.05, 0.1) is 12.0 Å². The van der Waals surface area contributed by atoms with E-state index in [1.54, 1.807) is 6.26 Å². The van der Waals surface area contributed by atoms with Crippen LogP contribution in [0.3, 0.4) is 0 Å². The molecule has 0 saturated carbocycles. The molecule has 6 nitrogen and oxygen atoms in total. The van der Waals surface area contributed by atoms with E-state index >= 15 is 0 Å². The van der Waals surface area contributed by atoms with Crippen LogP contribution in [0.15, 0.2) is 88.6 Å². The van der Waals surface area contributed by atoms with Gasteiger partial charge < -0.3 is 9.73 Å². The number of carbonyl (C=O) groups excluding carboxylic acids is 1. The normalized spacial score (nSPS) is 11.0. The highest BCUT2D eigenvalue weighted by Gasteiger charge is 2.18. The van der Waals surface area contributed by atoms with Crippen molar-refractivity contribution in [1.82, 2.24) is 20.1 Å². The van der Waals surface area contributed by atoms with Crippen molar-refractivity contribution in [2.75, 3.05) is 12.3 Å². The molecule has 4 rings (SSSR count). The average Bonchev–Trinajstić information content (AvgIpc) is 3.49. The summed E-state index contributed by atoms with van der Waals surface area (Å²) in [5, 5.41) is 12.3. The quantitative estimate of drug-likeness (QED) is 0.391. The Morgan fingerprint density at radius 1 is 1.00 bits per heavy atom. The second-order valence-corrected chi connectivity index (χ2v) is 7.94. The fourth-order valence-corrected chi connectivity index (χ4v) is 4.30. The summed E-state index contributed by atoms with van der Waals surface area (Å²) < 4.78 is 7.39. The van der Waals surface area contributed by atoms with Crippen molar-refractivity contribution in [1.29, 1.82) is 0 Å². The van der Waals surface area contributed by atoms with E-state index in [2.05, 4.69) is 39.8 Å². The van der Waals surface area contributed by atoms with Crippen LogP contribution in [0.1, 0.15) is 24.0 Å². The van der Waals surface area contributed by atoms with E-state index in [0.717, 1.165) is 0 Å². The summed E-state index contributed by atoms with van der Waals surface area (Å²) in [6.45, 7) is 3.24. The van der Waals surface area contributed by atoms with Crippen molar-refractivity contribution in [2.24, 2.45) is 0 Å². The number of amides is 1. The number of carbonyl (C=O) groups is 1. The largest absolute Gasteiger partial charge is 0.461 e. The van der Waals surface area contributed by atoms with E-state index in [1.807, 2.05) is 60.0 Å². The maximum Gasteiger partial charge on any atom is 0.230 e. The number of hydrogen-bond donors (Lipinski definition) is 1. The molecule has 2 heterocycles. The van der Waals surface area contributed by atoms with E-state index in [0.29, 0.717) is 29.8 Å². The Morgan fingerprint density at radius 2 is 1.68 bits per heavy atom. The Balaban J connectivity index is 1.39. The lowest BCUT2D eigenvalue weighted by Crippen LogP contribution is -2.30. The Labute approximate surface area is 185 Å². The number of benzene rings is 2. The van der Waals surface area contributed by atoms with Gasteiger partial charge in [-0.2, -0.15) is 0 Å². The molecular formula is C24H24N4O2S. The molecule has 158 valence electrons. The van der Waals surface area contributed by atoms with Crippen LogP contribution in [-0.2, 0) is 11.3 Å². The molecule has 31 heavy (non-hydrogen) atoms. The average molecular weight is 433 g/mol. The summed E-state index contributed by atoms with van der Waals surface area (Å²) in [5.41, 5.74) is 2.35. The van der Waals surface area contributed by atoms with Crippen LogP contribution in [0, 0.1) is 0 Å². The van der Waals surface area contributed by atoms with Gasteiger partial charge in [0.1, 0.15) is 0 Å². The second kappa shape index (κ2) is 10.1. The van der Waals surface area contributed by atoms with E-state index in [-0.39, 0.29) is 17.6 Å². The van der Waals surface area contributed by atoms with E-state index < -0.39 is 0 Å². The summed E-state index contributed by atoms with van der Waals surface area (Å²) in [6.07, 6.45) is 1.61. The summed E-state index contributed by atoms with van der Waals surface area (Å²) in [7, 11) is 0. The molecule has 7 heteroatoms. The number of furan rings is 1.